The molecule has 57 heavy (non-hydrogen) atoms. The molecule has 3 aromatic heterocycles. The first-order chi connectivity index (χ1) is 26.6. The summed E-state index contributed by atoms with van der Waals surface area (Å²) < 4.78 is 285. The number of rotatable bonds is 4. The number of hydrogen-bond acceptors (Lipinski definition) is 3. The normalized spacial score (nSPS) is 11.9. The molecule has 7 rings (SSSR count). The standard InChI is InChI=1S/C35H5F19N2O/c1-4-13(36)9(15(38)22(45)14(4)37)7-2-5-6-3-8(10-16(39)23(46)29(52)24(47)17(10)40)56-33(12-20(43)27(50)31(54)28(51)21(12)44)35(6)57-34(5)32(55-7)11-18(41)25(48)30(53)26(49)19(11)42/h2-3H,1H3. The summed E-state index contributed by atoms with van der Waals surface area (Å²) >= 11 is 0. The molecule has 0 unspecified atom stereocenters. The van der Waals surface area contributed by atoms with E-state index in [9.17, 15) is 48.3 Å². The van der Waals surface area contributed by atoms with Gasteiger partial charge >= 0.3 is 0 Å². The monoisotopic (exact) mass is 830 g/mol. The van der Waals surface area contributed by atoms with Crippen LogP contribution in [0.5, 0.6) is 0 Å². The van der Waals surface area contributed by atoms with Gasteiger partial charge in [0.15, 0.2) is 98.4 Å². The van der Waals surface area contributed by atoms with E-state index >= 15 is 35.1 Å². The summed E-state index contributed by atoms with van der Waals surface area (Å²) in [6.07, 6.45) is 0. The van der Waals surface area contributed by atoms with Crippen molar-refractivity contribution in [3.63, 3.8) is 0 Å². The van der Waals surface area contributed by atoms with E-state index in [0.29, 0.717) is 6.92 Å². The van der Waals surface area contributed by atoms with Crippen molar-refractivity contribution >= 4 is 21.9 Å². The molecule has 3 heterocycles. The van der Waals surface area contributed by atoms with Crippen LogP contribution in [0.4, 0.5) is 83.4 Å². The lowest BCUT2D eigenvalue weighted by Crippen LogP contribution is -2.07. The van der Waals surface area contributed by atoms with Crippen molar-refractivity contribution in [2.24, 2.45) is 0 Å². The molecular weight excluding hydrogens is 825 g/mol. The van der Waals surface area contributed by atoms with E-state index < -0.39 is 183 Å². The molecule has 0 saturated heterocycles. The van der Waals surface area contributed by atoms with Crippen molar-refractivity contribution in [3.05, 3.63) is 128 Å². The highest BCUT2D eigenvalue weighted by molar-refractivity contribution is 6.14. The Bertz CT molecular complexity index is 2660. The van der Waals surface area contributed by atoms with Crippen LogP contribution in [0.2, 0.25) is 0 Å². The molecule has 0 aliphatic carbocycles. The van der Waals surface area contributed by atoms with Crippen LogP contribution in [0.25, 0.3) is 67.0 Å². The van der Waals surface area contributed by atoms with Gasteiger partial charge in [-0.05, 0) is 19.1 Å². The summed E-state index contributed by atoms with van der Waals surface area (Å²) in [5, 5.41) is -2.35. The van der Waals surface area contributed by atoms with Gasteiger partial charge in [-0.15, -0.1) is 0 Å². The van der Waals surface area contributed by atoms with Gasteiger partial charge in [-0.2, -0.15) is 0 Å². The number of pyridine rings is 2. The molecule has 0 aliphatic heterocycles. The van der Waals surface area contributed by atoms with Crippen molar-refractivity contribution in [2.45, 2.75) is 6.92 Å². The highest BCUT2D eigenvalue weighted by atomic mass is 19.2. The lowest BCUT2D eigenvalue weighted by Gasteiger charge is -2.13. The Balaban J connectivity index is 1.78. The van der Waals surface area contributed by atoms with Gasteiger partial charge in [0.1, 0.15) is 17.2 Å². The molecule has 7 aromatic rings. The Labute approximate surface area is 300 Å². The van der Waals surface area contributed by atoms with Crippen LogP contribution in [0.3, 0.4) is 0 Å². The van der Waals surface area contributed by atoms with E-state index in [1.165, 1.54) is 0 Å². The van der Waals surface area contributed by atoms with Crippen LogP contribution >= 0.6 is 0 Å². The number of benzene rings is 4. The van der Waals surface area contributed by atoms with Crippen LogP contribution in [0.15, 0.2) is 16.5 Å². The highest BCUT2D eigenvalue weighted by Gasteiger charge is 2.36. The Morgan fingerprint density at radius 2 is 0.561 bits per heavy atom. The van der Waals surface area contributed by atoms with Crippen molar-refractivity contribution in [1.82, 2.24) is 9.97 Å². The Kier molecular flexibility index (Phi) is 8.95. The number of fused-ring (bicyclic) bond motifs is 3. The van der Waals surface area contributed by atoms with Crippen LogP contribution < -0.4 is 0 Å². The summed E-state index contributed by atoms with van der Waals surface area (Å²) in [6.45, 7) is 0.520. The molecule has 294 valence electrons. The average Bonchev–Trinajstić information content (AvgIpc) is 3.56. The van der Waals surface area contributed by atoms with Gasteiger partial charge in [-0.3, -0.25) is 0 Å². The Morgan fingerprint density at radius 3 is 0.877 bits per heavy atom. The van der Waals surface area contributed by atoms with Crippen molar-refractivity contribution in [3.8, 4) is 45.0 Å². The SMILES string of the molecule is Cc1c(F)c(F)c(F)c(-c2cc3c(oc4c(-c5c(F)c(F)c(F)c(F)c5F)nc(-c5c(F)c(F)c(F)c(F)c5F)cc43)c(-c3c(F)c(F)c(F)c(F)c3F)n2)c1F. The quantitative estimate of drug-likeness (QED) is 0.101. The van der Waals surface area contributed by atoms with E-state index in [4.69, 9.17) is 4.42 Å². The van der Waals surface area contributed by atoms with E-state index in [1.807, 2.05) is 0 Å². The number of furan rings is 1. The molecule has 0 aliphatic rings. The van der Waals surface area contributed by atoms with Gasteiger partial charge in [0.2, 0.25) is 17.5 Å². The predicted molar refractivity (Wildman–Crippen MR) is 155 cm³/mol. The fraction of sp³-hybridized carbons (Fsp3) is 0.0286. The van der Waals surface area contributed by atoms with Crippen LogP contribution in [-0.2, 0) is 0 Å². The third-order valence-electron chi connectivity index (χ3n) is 8.54. The zero-order valence-corrected chi connectivity index (χ0v) is 26.6. The lowest BCUT2D eigenvalue weighted by atomic mass is 9.99. The molecule has 0 radical (unpaired) electrons. The zero-order valence-electron chi connectivity index (χ0n) is 26.6. The van der Waals surface area contributed by atoms with Gasteiger partial charge in [0, 0.05) is 16.3 Å². The van der Waals surface area contributed by atoms with Crippen LogP contribution in [-0.4, -0.2) is 9.97 Å². The largest absolute Gasteiger partial charge is 0.451 e. The number of halogens is 19. The maximum atomic E-state index is 15.5. The van der Waals surface area contributed by atoms with Gasteiger partial charge in [-0.25, -0.2) is 93.4 Å². The minimum Gasteiger partial charge on any atom is -0.451 e. The van der Waals surface area contributed by atoms with E-state index in [2.05, 4.69) is 9.97 Å². The van der Waals surface area contributed by atoms with Crippen LogP contribution in [0, 0.1) is 117 Å². The van der Waals surface area contributed by atoms with E-state index in [-0.39, 0.29) is 12.1 Å². The zero-order chi connectivity index (χ0) is 42.0. The first-order valence-corrected chi connectivity index (χ1v) is 14.8. The summed E-state index contributed by atoms with van der Waals surface area (Å²) in [4.78, 5) is 6.73. The molecule has 0 N–H and O–H groups in total. The molecule has 0 amide bonds. The fourth-order valence-electron chi connectivity index (χ4n) is 5.80. The summed E-state index contributed by atoms with van der Waals surface area (Å²) in [5.41, 5.74) is -19.1. The van der Waals surface area contributed by atoms with Gasteiger partial charge in [0.25, 0.3) is 0 Å². The van der Waals surface area contributed by atoms with E-state index in [0.717, 1.165) is 0 Å². The maximum Gasteiger partial charge on any atom is 0.200 e. The molecular formula is C35H5F19N2O. The van der Waals surface area contributed by atoms with Gasteiger partial charge in [0.05, 0.1) is 33.6 Å². The second kappa shape index (κ2) is 13.1. The van der Waals surface area contributed by atoms with Crippen LogP contribution in [0.1, 0.15) is 5.56 Å². The van der Waals surface area contributed by atoms with Crippen molar-refractivity contribution in [2.75, 3.05) is 0 Å². The Morgan fingerprint density at radius 1 is 0.316 bits per heavy atom. The smallest absolute Gasteiger partial charge is 0.200 e. The number of nitrogens with zero attached hydrogens (tertiary/aromatic N) is 2. The minimum atomic E-state index is -2.83. The maximum absolute atomic E-state index is 15.5. The molecule has 0 spiro atoms. The fourth-order valence-corrected chi connectivity index (χ4v) is 5.80. The van der Waals surface area contributed by atoms with Crippen molar-refractivity contribution in [1.29, 1.82) is 0 Å². The lowest BCUT2D eigenvalue weighted by molar-refractivity contribution is 0.380. The predicted octanol–water partition coefficient (Wildman–Crippen LogP) is 12.0. The second-order valence-electron chi connectivity index (χ2n) is 11.7. The molecule has 0 atom stereocenters. The van der Waals surface area contributed by atoms with Gasteiger partial charge < -0.3 is 4.42 Å². The first-order valence-electron chi connectivity index (χ1n) is 14.8. The number of aromatic nitrogens is 2. The van der Waals surface area contributed by atoms with Crippen molar-refractivity contribution < 1.29 is 87.8 Å². The molecule has 22 heteroatoms. The van der Waals surface area contributed by atoms with Gasteiger partial charge in [-0.1, -0.05) is 0 Å². The van der Waals surface area contributed by atoms with E-state index in [1.54, 1.807) is 0 Å². The summed E-state index contributed by atoms with van der Waals surface area (Å²) in [7, 11) is 0. The minimum absolute atomic E-state index is 0.157. The Hall–Kier alpha value is -6.35. The first kappa shape index (κ1) is 38.9. The highest BCUT2D eigenvalue weighted by Crippen LogP contribution is 2.46. The molecule has 4 aromatic carbocycles. The summed E-state index contributed by atoms with van der Waals surface area (Å²) in [6, 6.07) is 0.407. The molecule has 0 saturated carbocycles. The third-order valence-corrected chi connectivity index (χ3v) is 8.54. The molecule has 0 fully saturated rings. The second-order valence-corrected chi connectivity index (χ2v) is 11.7. The summed E-state index contributed by atoms with van der Waals surface area (Å²) in [5.74, 6) is -50.6. The topological polar surface area (TPSA) is 38.9 Å². The number of hydrogen-bond donors (Lipinski definition) is 0. The third kappa shape index (κ3) is 5.31. The molecule has 3 nitrogen and oxygen atoms in total. The molecule has 0 bridgehead atoms. The average molecular weight is 830 g/mol.